The first-order valence-electron chi connectivity index (χ1n) is 6.64. The van der Waals surface area contributed by atoms with Crippen LogP contribution in [0.25, 0.3) is 0 Å². The molecular weight excluding hydrogens is 206 g/mol. The Morgan fingerprint density at radius 2 is 1.73 bits per heavy atom. The van der Waals surface area contributed by atoms with Crippen LogP contribution in [0.2, 0.25) is 0 Å². The maximum Gasteiger partial charge on any atom is -0.00463 e. The van der Waals surface area contributed by atoms with Crippen molar-refractivity contribution in [1.29, 1.82) is 0 Å². The molecule has 0 aromatic carbocycles. The van der Waals surface area contributed by atoms with E-state index in [0.717, 1.165) is 5.92 Å². The summed E-state index contributed by atoms with van der Waals surface area (Å²) in [6.45, 7) is 4.76. The Labute approximate surface area is 102 Å². The molecule has 0 amide bonds. The van der Waals surface area contributed by atoms with Gasteiger partial charge in [-0.25, -0.2) is 0 Å². The standard InChI is InChI=1S/C13H27N.ClH/c1-2-3-7-11-14-12-10-13-8-5-4-6-9-13;/h13-14H,2-12H2,1H3;1H. The molecule has 92 valence electrons. The van der Waals surface area contributed by atoms with Crippen LogP contribution in [0.15, 0.2) is 0 Å². The molecule has 1 saturated carbocycles. The van der Waals surface area contributed by atoms with Crippen LogP contribution >= 0.6 is 12.4 Å². The minimum Gasteiger partial charge on any atom is -0.317 e. The molecule has 15 heavy (non-hydrogen) atoms. The Balaban J connectivity index is 0.00000196. The highest BCUT2D eigenvalue weighted by molar-refractivity contribution is 5.85. The fraction of sp³-hybridized carbons (Fsp3) is 1.00. The maximum absolute atomic E-state index is 3.57. The quantitative estimate of drug-likeness (QED) is 0.652. The highest BCUT2D eigenvalue weighted by Gasteiger charge is 2.12. The topological polar surface area (TPSA) is 12.0 Å². The Bertz CT molecular complexity index is 122. The maximum atomic E-state index is 3.57. The van der Waals surface area contributed by atoms with E-state index in [9.17, 15) is 0 Å². The zero-order valence-corrected chi connectivity index (χ0v) is 11.1. The molecule has 0 saturated heterocycles. The number of rotatable bonds is 7. The summed E-state index contributed by atoms with van der Waals surface area (Å²) in [7, 11) is 0. The summed E-state index contributed by atoms with van der Waals surface area (Å²) >= 11 is 0. The summed E-state index contributed by atoms with van der Waals surface area (Å²) in [6, 6.07) is 0. The van der Waals surface area contributed by atoms with E-state index in [1.165, 1.54) is 70.9 Å². The van der Waals surface area contributed by atoms with Gasteiger partial charge in [0.2, 0.25) is 0 Å². The van der Waals surface area contributed by atoms with Crippen molar-refractivity contribution in [3.63, 3.8) is 0 Å². The van der Waals surface area contributed by atoms with E-state index in [4.69, 9.17) is 0 Å². The van der Waals surface area contributed by atoms with Crippen molar-refractivity contribution in [3.8, 4) is 0 Å². The Hall–Kier alpha value is 0.250. The van der Waals surface area contributed by atoms with E-state index in [1.807, 2.05) is 0 Å². The van der Waals surface area contributed by atoms with E-state index in [-0.39, 0.29) is 12.4 Å². The number of hydrogen-bond donors (Lipinski definition) is 1. The van der Waals surface area contributed by atoms with Gasteiger partial charge in [0.05, 0.1) is 0 Å². The first kappa shape index (κ1) is 15.2. The third-order valence-electron chi connectivity index (χ3n) is 3.41. The molecule has 0 bridgehead atoms. The minimum absolute atomic E-state index is 0. The summed E-state index contributed by atoms with van der Waals surface area (Å²) in [5.41, 5.74) is 0. The van der Waals surface area contributed by atoms with E-state index in [2.05, 4.69) is 12.2 Å². The average Bonchev–Trinajstić information content (AvgIpc) is 2.25. The van der Waals surface area contributed by atoms with E-state index in [1.54, 1.807) is 0 Å². The first-order chi connectivity index (χ1) is 6.93. The highest BCUT2D eigenvalue weighted by atomic mass is 35.5. The molecule has 0 aromatic rings. The van der Waals surface area contributed by atoms with Gasteiger partial charge in [0.15, 0.2) is 0 Å². The number of unbranched alkanes of at least 4 members (excludes halogenated alkanes) is 2. The second kappa shape index (κ2) is 10.8. The average molecular weight is 234 g/mol. The number of hydrogen-bond acceptors (Lipinski definition) is 1. The Kier molecular flexibility index (Phi) is 10.9. The van der Waals surface area contributed by atoms with Gasteiger partial charge in [-0.2, -0.15) is 0 Å². The lowest BCUT2D eigenvalue weighted by molar-refractivity contribution is 0.333. The van der Waals surface area contributed by atoms with E-state index < -0.39 is 0 Å². The fourth-order valence-corrected chi connectivity index (χ4v) is 2.41. The molecule has 0 unspecified atom stereocenters. The largest absolute Gasteiger partial charge is 0.317 e. The van der Waals surface area contributed by atoms with Crippen molar-refractivity contribution < 1.29 is 0 Å². The molecule has 1 N–H and O–H groups in total. The first-order valence-corrected chi connectivity index (χ1v) is 6.64. The van der Waals surface area contributed by atoms with Crippen molar-refractivity contribution in [2.75, 3.05) is 13.1 Å². The van der Waals surface area contributed by atoms with Gasteiger partial charge in [0.25, 0.3) is 0 Å². The molecule has 1 rings (SSSR count). The van der Waals surface area contributed by atoms with Crippen LogP contribution in [0.3, 0.4) is 0 Å². The fourth-order valence-electron chi connectivity index (χ4n) is 2.41. The van der Waals surface area contributed by atoms with Crippen LogP contribution in [-0.4, -0.2) is 13.1 Å². The normalized spacial score (nSPS) is 17.4. The van der Waals surface area contributed by atoms with Crippen molar-refractivity contribution in [2.24, 2.45) is 5.92 Å². The van der Waals surface area contributed by atoms with Gasteiger partial charge in [0.1, 0.15) is 0 Å². The minimum atomic E-state index is 0. The summed E-state index contributed by atoms with van der Waals surface area (Å²) < 4.78 is 0. The van der Waals surface area contributed by atoms with Crippen molar-refractivity contribution in [1.82, 2.24) is 5.32 Å². The molecule has 0 aliphatic heterocycles. The highest BCUT2D eigenvalue weighted by Crippen LogP contribution is 2.25. The van der Waals surface area contributed by atoms with Crippen LogP contribution in [0.1, 0.15) is 64.7 Å². The monoisotopic (exact) mass is 233 g/mol. The van der Waals surface area contributed by atoms with E-state index >= 15 is 0 Å². The van der Waals surface area contributed by atoms with Crippen LogP contribution in [0, 0.1) is 5.92 Å². The number of nitrogens with one attached hydrogen (secondary N) is 1. The van der Waals surface area contributed by atoms with E-state index in [0.29, 0.717) is 0 Å². The molecule has 0 atom stereocenters. The second-order valence-corrected chi connectivity index (χ2v) is 4.75. The number of halogens is 1. The van der Waals surface area contributed by atoms with Gasteiger partial charge >= 0.3 is 0 Å². The molecule has 0 radical (unpaired) electrons. The van der Waals surface area contributed by atoms with Gasteiger partial charge < -0.3 is 5.32 Å². The lowest BCUT2D eigenvalue weighted by Crippen LogP contribution is -2.20. The predicted octanol–water partition coefficient (Wildman–Crippen LogP) is 4.16. The van der Waals surface area contributed by atoms with Gasteiger partial charge in [-0.05, 0) is 31.8 Å². The third kappa shape index (κ3) is 8.10. The van der Waals surface area contributed by atoms with Crippen LogP contribution in [0.4, 0.5) is 0 Å². The SMILES string of the molecule is CCCCCNCCC1CCCCC1.Cl. The summed E-state index contributed by atoms with van der Waals surface area (Å²) in [5, 5.41) is 3.57. The molecule has 0 aromatic heterocycles. The van der Waals surface area contributed by atoms with Crippen molar-refractivity contribution in [3.05, 3.63) is 0 Å². The molecule has 1 aliphatic rings. The third-order valence-corrected chi connectivity index (χ3v) is 3.41. The van der Waals surface area contributed by atoms with Gasteiger partial charge in [-0.15, -0.1) is 12.4 Å². The molecule has 0 spiro atoms. The predicted molar refractivity (Wildman–Crippen MR) is 70.8 cm³/mol. The lowest BCUT2D eigenvalue weighted by atomic mass is 9.87. The molecule has 2 heteroatoms. The van der Waals surface area contributed by atoms with Crippen LogP contribution in [-0.2, 0) is 0 Å². The molecule has 1 aliphatic carbocycles. The van der Waals surface area contributed by atoms with Gasteiger partial charge in [-0.3, -0.25) is 0 Å². The lowest BCUT2D eigenvalue weighted by Gasteiger charge is -2.21. The summed E-state index contributed by atoms with van der Waals surface area (Å²) in [6.07, 6.45) is 13.0. The van der Waals surface area contributed by atoms with Crippen molar-refractivity contribution in [2.45, 2.75) is 64.7 Å². The van der Waals surface area contributed by atoms with Crippen molar-refractivity contribution >= 4 is 12.4 Å². The second-order valence-electron chi connectivity index (χ2n) is 4.75. The Morgan fingerprint density at radius 3 is 2.40 bits per heavy atom. The molecule has 0 heterocycles. The zero-order chi connectivity index (χ0) is 10.1. The summed E-state index contributed by atoms with van der Waals surface area (Å²) in [5.74, 6) is 1.04. The molecular formula is C13H28ClN. The van der Waals surface area contributed by atoms with Crippen LogP contribution in [0.5, 0.6) is 0 Å². The van der Waals surface area contributed by atoms with Crippen LogP contribution < -0.4 is 5.32 Å². The smallest absolute Gasteiger partial charge is 0.00463 e. The molecule has 1 nitrogen and oxygen atoms in total. The van der Waals surface area contributed by atoms with Gasteiger partial charge in [-0.1, -0.05) is 51.9 Å². The summed E-state index contributed by atoms with van der Waals surface area (Å²) in [4.78, 5) is 0. The zero-order valence-electron chi connectivity index (χ0n) is 10.3. The Morgan fingerprint density at radius 1 is 1.00 bits per heavy atom. The van der Waals surface area contributed by atoms with Gasteiger partial charge in [0, 0.05) is 0 Å². The molecule has 1 fully saturated rings.